The van der Waals surface area contributed by atoms with Gasteiger partial charge in [-0.25, -0.2) is 0 Å². The van der Waals surface area contributed by atoms with Crippen LogP contribution < -0.4 is 4.90 Å². The van der Waals surface area contributed by atoms with Crippen molar-refractivity contribution in [2.45, 2.75) is 0 Å². The number of nitrogens with zero attached hydrogens (tertiary/aromatic N) is 1. The predicted molar refractivity (Wildman–Crippen MR) is 177 cm³/mol. The van der Waals surface area contributed by atoms with Gasteiger partial charge in [-0.15, -0.1) is 0 Å². The van der Waals surface area contributed by atoms with Gasteiger partial charge in [-0.2, -0.15) is 0 Å². The van der Waals surface area contributed by atoms with Gasteiger partial charge in [0.05, 0.1) is 5.69 Å². The Bertz CT molecular complexity index is 2160. The molecular formula is C40H27NO. The Labute approximate surface area is 244 Å². The van der Waals surface area contributed by atoms with E-state index in [4.69, 9.17) is 4.42 Å². The first kappa shape index (κ1) is 24.2. The highest BCUT2D eigenvalue weighted by molar-refractivity contribution is 6.08. The number of benzene rings is 7. The quantitative estimate of drug-likeness (QED) is 0.203. The molecule has 2 nitrogen and oxygen atoms in total. The summed E-state index contributed by atoms with van der Waals surface area (Å²) in [5.74, 6) is 0.851. The molecule has 0 aliphatic heterocycles. The maximum absolute atomic E-state index is 6.39. The lowest BCUT2D eigenvalue weighted by molar-refractivity contribution is 0.631. The van der Waals surface area contributed by atoms with Crippen LogP contribution in [0.25, 0.3) is 55.0 Å². The number of hydrogen-bond donors (Lipinski definition) is 0. The van der Waals surface area contributed by atoms with Gasteiger partial charge < -0.3 is 9.32 Å². The van der Waals surface area contributed by atoms with Crippen molar-refractivity contribution in [2.75, 3.05) is 4.90 Å². The molecule has 0 radical (unpaired) electrons. The van der Waals surface area contributed by atoms with Gasteiger partial charge in [0.25, 0.3) is 0 Å². The SMILES string of the molecule is c1ccc(-c2ccc(N(c3ccc4c(ccc5ccccc54)c3)c3ccccc3-c3cc4ccccc4o3)cc2)cc1. The van der Waals surface area contributed by atoms with Crippen LogP contribution in [0.15, 0.2) is 168 Å². The molecule has 0 N–H and O–H groups in total. The number of rotatable bonds is 5. The summed E-state index contributed by atoms with van der Waals surface area (Å²) in [5.41, 5.74) is 7.56. The third-order valence-corrected chi connectivity index (χ3v) is 8.06. The lowest BCUT2D eigenvalue weighted by atomic mass is 10.00. The molecule has 0 atom stereocenters. The van der Waals surface area contributed by atoms with E-state index < -0.39 is 0 Å². The monoisotopic (exact) mass is 537 g/mol. The van der Waals surface area contributed by atoms with Gasteiger partial charge >= 0.3 is 0 Å². The van der Waals surface area contributed by atoms with Crippen LogP contribution in [-0.4, -0.2) is 0 Å². The van der Waals surface area contributed by atoms with E-state index in [1.807, 2.05) is 18.2 Å². The first-order chi connectivity index (χ1) is 20.8. The fourth-order valence-corrected chi connectivity index (χ4v) is 5.99. The minimum absolute atomic E-state index is 0.851. The second-order valence-corrected chi connectivity index (χ2v) is 10.6. The summed E-state index contributed by atoms with van der Waals surface area (Å²) in [5, 5.41) is 6.07. The molecular weight excluding hydrogens is 510 g/mol. The zero-order chi connectivity index (χ0) is 27.9. The van der Waals surface area contributed by atoms with Crippen molar-refractivity contribution in [1.29, 1.82) is 0 Å². The summed E-state index contributed by atoms with van der Waals surface area (Å²) in [6.07, 6.45) is 0. The highest BCUT2D eigenvalue weighted by Gasteiger charge is 2.19. The number of anilines is 3. The van der Waals surface area contributed by atoms with E-state index in [0.717, 1.165) is 39.4 Å². The highest BCUT2D eigenvalue weighted by Crippen LogP contribution is 2.43. The Morgan fingerprint density at radius 3 is 1.90 bits per heavy atom. The summed E-state index contributed by atoms with van der Waals surface area (Å²) in [4.78, 5) is 2.34. The van der Waals surface area contributed by atoms with Crippen LogP contribution in [0.1, 0.15) is 0 Å². The third-order valence-electron chi connectivity index (χ3n) is 8.06. The maximum atomic E-state index is 6.39. The van der Waals surface area contributed by atoms with Crippen molar-refractivity contribution in [2.24, 2.45) is 0 Å². The Morgan fingerprint density at radius 2 is 1.05 bits per heavy atom. The zero-order valence-electron chi connectivity index (χ0n) is 22.9. The second kappa shape index (κ2) is 10.1. The fraction of sp³-hybridized carbons (Fsp3) is 0. The Kier molecular flexibility index (Phi) is 5.82. The maximum Gasteiger partial charge on any atom is 0.137 e. The van der Waals surface area contributed by atoms with Crippen LogP contribution in [-0.2, 0) is 0 Å². The number of furan rings is 1. The molecule has 8 rings (SSSR count). The molecule has 1 aromatic heterocycles. The molecule has 1 heterocycles. The van der Waals surface area contributed by atoms with Gasteiger partial charge in [-0.05, 0) is 81.2 Å². The van der Waals surface area contributed by atoms with E-state index >= 15 is 0 Å². The average Bonchev–Trinajstić information content (AvgIpc) is 3.50. The number of hydrogen-bond acceptors (Lipinski definition) is 2. The second-order valence-electron chi connectivity index (χ2n) is 10.6. The Morgan fingerprint density at radius 1 is 0.405 bits per heavy atom. The lowest BCUT2D eigenvalue weighted by Gasteiger charge is -2.28. The summed E-state index contributed by atoms with van der Waals surface area (Å²) >= 11 is 0. The highest BCUT2D eigenvalue weighted by atomic mass is 16.3. The molecule has 7 aromatic carbocycles. The normalized spacial score (nSPS) is 11.3. The van der Waals surface area contributed by atoms with E-state index in [-0.39, 0.29) is 0 Å². The minimum Gasteiger partial charge on any atom is -0.456 e. The Balaban J connectivity index is 1.32. The number of fused-ring (bicyclic) bond motifs is 4. The van der Waals surface area contributed by atoms with Crippen molar-refractivity contribution in [3.63, 3.8) is 0 Å². The van der Waals surface area contributed by atoms with Crippen LogP contribution in [0.2, 0.25) is 0 Å². The van der Waals surface area contributed by atoms with Crippen LogP contribution in [0.5, 0.6) is 0 Å². The van der Waals surface area contributed by atoms with Gasteiger partial charge in [0, 0.05) is 22.3 Å². The van der Waals surface area contributed by atoms with Crippen LogP contribution in [0.4, 0.5) is 17.1 Å². The van der Waals surface area contributed by atoms with Crippen LogP contribution >= 0.6 is 0 Å². The number of para-hydroxylation sites is 2. The summed E-state index contributed by atoms with van der Waals surface area (Å²) < 4.78 is 6.39. The van der Waals surface area contributed by atoms with Crippen molar-refractivity contribution < 1.29 is 4.42 Å². The van der Waals surface area contributed by atoms with Crippen molar-refractivity contribution in [1.82, 2.24) is 0 Å². The molecule has 0 aliphatic rings. The molecule has 0 saturated carbocycles. The van der Waals surface area contributed by atoms with Crippen LogP contribution in [0.3, 0.4) is 0 Å². The first-order valence-corrected chi connectivity index (χ1v) is 14.3. The molecule has 2 heteroatoms. The standard InChI is InChI=1S/C40H27NO/c1-2-10-28(11-3-1)29-20-22-33(23-21-29)41(34-24-25-36-31(26-34)19-18-30-12-4-6-14-35(30)36)38-16-8-7-15-37(38)40-27-32-13-5-9-17-39(32)42-40/h1-27H. The third kappa shape index (κ3) is 4.22. The van der Waals surface area contributed by atoms with E-state index in [0.29, 0.717) is 0 Å². The predicted octanol–water partition coefficient (Wildman–Crippen LogP) is 11.5. The zero-order valence-corrected chi connectivity index (χ0v) is 22.9. The molecule has 0 bridgehead atoms. The molecule has 0 unspecified atom stereocenters. The average molecular weight is 538 g/mol. The molecule has 0 saturated heterocycles. The largest absolute Gasteiger partial charge is 0.456 e. The van der Waals surface area contributed by atoms with Gasteiger partial charge in [-0.3, -0.25) is 0 Å². The summed E-state index contributed by atoms with van der Waals surface area (Å²) in [6.45, 7) is 0. The van der Waals surface area contributed by atoms with Gasteiger partial charge in [0.1, 0.15) is 11.3 Å². The molecule has 0 aliphatic carbocycles. The fourth-order valence-electron chi connectivity index (χ4n) is 5.99. The van der Waals surface area contributed by atoms with E-state index in [1.54, 1.807) is 0 Å². The summed E-state index contributed by atoms with van der Waals surface area (Å²) in [7, 11) is 0. The topological polar surface area (TPSA) is 16.4 Å². The molecule has 42 heavy (non-hydrogen) atoms. The molecule has 0 fully saturated rings. The lowest BCUT2D eigenvalue weighted by Crippen LogP contribution is -2.11. The Hall–Kier alpha value is -5.60. The van der Waals surface area contributed by atoms with Gasteiger partial charge in [-0.1, -0.05) is 115 Å². The molecule has 8 aromatic rings. The van der Waals surface area contributed by atoms with E-state index in [1.165, 1.54) is 32.7 Å². The van der Waals surface area contributed by atoms with E-state index in [2.05, 4.69) is 150 Å². The smallest absolute Gasteiger partial charge is 0.137 e. The van der Waals surface area contributed by atoms with Crippen molar-refractivity contribution in [3.8, 4) is 22.5 Å². The van der Waals surface area contributed by atoms with Gasteiger partial charge in [0.15, 0.2) is 0 Å². The minimum atomic E-state index is 0.851. The van der Waals surface area contributed by atoms with Gasteiger partial charge in [0.2, 0.25) is 0 Å². The van der Waals surface area contributed by atoms with Crippen molar-refractivity contribution in [3.05, 3.63) is 164 Å². The molecule has 0 amide bonds. The molecule has 0 spiro atoms. The van der Waals surface area contributed by atoms with E-state index in [9.17, 15) is 0 Å². The molecule has 198 valence electrons. The first-order valence-electron chi connectivity index (χ1n) is 14.3. The van der Waals surface area contributed by atoms with Crippen molar-refractivity contribution >= 4 is 49.6 Å². The summed E-state index contributed by atoms with van der Waals surface area (Å²) in [6, 6.07) is 58.0. The van der Waals surface area contributed by atoms with Crippen LogP contribution in [0, 0.1) is 0 Å².